The zero-order valence-electron chi connectivity index (χ0n) is 45.9. The first-order chi connectivity index (χ1) is 37.0. The van der Waals surface area contributed by atoms with Gasteiger partial charge in [-0.3, -0.25) is 15.1 Å². The number of nitrogens with zero attached hydrogens (tertiary/aromatic N) is 1. The van der Waals surface area contributed by atoms with Gasteiger partial charge < -0.3 is 44.9 Å². The maximum atomic E-state index is 15.8. The van der Waals surface area contributed by atoms with Gasteiger partial charge in [-0.2, -0.15) is 0 Å². The van der Waals surface area contributed by atoms with Gasteiger partial charge in [0.15, 0.2) is 28.8 Å². The van der Waals surface area contributed by atoms with Crippen molar-refractivity contribution in [3.63, 3.8) is 0 Å². The number of carbonyl (C=O) groups is 1. The number of aromatic hydroxyl groups is 1. The lowest BCUT2D eigenvalue weighted by molar-refractivity contribution is -0.271. The third-order valence-electron chi connectivity index (χ3n) is 21.4. The third-order valence-corrected chi connectivity index (χ3v) is 21.4. The number of guanidine groups is 1. The number of likely N-dealkylation sites (N-methyl/N-ethyl adjacent to an activating group) is 1. The number of allylic oxidation sites excluding steroid dienone is 2. The Morgan fingerprint density at radius 2 is 1.84 bits per heavy atom. The summed E-state index contributed by atoms with van der Waals surface area (Å²) in [5.74, 6) is 11.0. The number of aliphatic hydroxyl groups is 2. The fraction of sp³-hybridized carbons (Fsp3) is 0.688. The predicted octanol–water partition coefficient (Wildman–Crippen LogP) is 10.6. The summed E-state index contributed by atoms with van der Waals surface area (Å²) in [6, 6.07) is 13.4. The molecule has 3 aliphatic heterocycles. The quantitative estimate of drug-likeness (QED) is 0.119. The van der Waals surface area contributed by atoms with Gasteiger partial charge in [0.2, 0.25) is 11.7 Å². The molecule has 0 amide bonds. The number of hydrogen-bond donors (Lipinski definition) is 6. The minimum atomic E-state index is -1.16. The van der Waals surface area contributed by atoms with Crippen LogP contribution in [0.4, 0.5) is 5.69 Å². The van der Waals surface area contributed by atoms with E-state index >= 15 is 4.79 Å². The van der Waals surface area contributed by atoms with Crippen molar-refractivity contribution < 1.29 is 39.1 Å². The molecular weight excluding hydrogens is 953 g/mol. The number of benzene rings is 2. The molecule has 12 heteroatoms. The van der Waals surface area contributed by atoms with Gasteiger partial charge in [-0.25, -0.2) is 0 Å². The third kappa shape index (κ3) is 9.94. The SMILES string of the molecule is CC[C@H]1CC[C@@H]2[C@@H](CCCO)[C@H]3CCC[C@]34c3cc(c5c(c3)O[C@@]3(CNC)C[C@@H](C[C@@]6(O)CC[C@@H]7CCC[C@@H]7O6)[C@@H](CC#CO5)C3)NC(=NC)NC#CC[C@@H]3CCC[C@@]3(Cc3ccc(O)c(OC)c3)C(=O)/C=C/[C@@H]4[C@H]2C1. The number of ether oxygens (including phenoxy) is 4. The standard InChI is InChI=1S/C64H86N4O8/c1-5-41-19-21-48-49(16-10-30-69)51-17-8-27-64(51)47-34-53(59-57(35-47)75-61(40-65-2)37-44(13-11-31-74-59)45(38-61)39-63(72)28-25-43-12-6-18-55(43)76-63)68-60(66-3)67-29-9-15-46-14-7-26-62(46,58(71)24-22-52(64)50(48)32-41)36-42-20-23-54(70)56(33-42)73-4/h20,22-24,33-35,41,43-46,48-52,55,65,69-70,72H,5-8,10,12-19,21,25-28,30,32,36-40H2,1-4H3,(H2,66,67,68)/b24-22+/t41-,43-,44-,45-,46-,48+,49+,50-,51+,52+,55-,61+,62-,63+,64-/m0/s1. The Morgan fingerprint density at radius 1 is 0.961 bits per heavy atom. The van der Waals surface area contributed by atoms with Gasteiger partial charge >= 0.3 is 0 Å². The van der Waals surface area contributed by atoms with Crippen molar-refractivity contribution in [3.8, 4) is 47.0 Å². The van der Waals surface area contributed by atoms with Crippen molar-refractivity contribution in [2.45, 2.75) is 178 Å². The molecule has 2 aromatic carbocycles. The molecule has 1 saturated heterocycles. The normalized spacial score (nSPS) is 39.3. The number of ketones is 1. The van der Waals surface area contributed by atoms with Gasteiger partial charge in [-0.05, 0) is 198 Å². The van der Waals surface area contributed by atoms with Gasteiger partial charge in [0, 0.05) is 62.8 Å². The fourth-order valence-electron chi connectivity index (χ4n) is 18.1. The average molecular weight is 1040 g/mol. The molecule has 0 aromatic heterocycles. The van der Waals surface area contributed by atoms with Crippen LogP contribution in [0.2, 0.25) is 0 Å². The lowest BCUT2D eigenvalue weighted by atomic mass is 9.45. The molecular formula is C64H86N4O8. The summed E-state index contributed by atoms with van der Waals surface area (Å²) in [6.07, 6.45) is 28.5. The van der Waals surface area contributed by atoms with Crippen LogP contribution in [0.1, 0.15) is 159 Å². The lowest BCUT2D eigenvalue weighted by Crippen LogP contribution is -2.55. The largest absolute Gasteiger partial charge is 0.504 e. The average Bonchev–Trinajstić information content (AvgIpc) is 4.30. The van der Waals surface area contributed by atoms with E-state index in [-0.39, 0.29) is 53.3 Å². The molecule has 1 spiro atoms. The topological polar surface area (TPSA) is 163 Å². The Bertz CT molecular complexity index is 2650. The molecule has 6 N–H and O–H groups in total. The molecule has 12 nitrogen and oxygen atoms in total. The van der Waals surface area contributed by atoms with Gasteiger partial charge in [-0.1, -0.05) is 63.0 Å². The number of anilines is 1. The summed E-state index contributed by atoms with van der Waals surface area (Å²) in [5.41, 5.74) is 1.14. The van der Waals surface area contributed by atoms with E-state index < -0.39 is 16.8 Å². The number of fused-ring (bicyclic) bond motifs is 10. The molecule has 410 valence electrons. The maximum Gasteiger partial charge on any atom is 0.207 e. The highest BCUT2D eigenvalue weighted by Crippen LogP contribution is 2.67. The van der Waals surface area contributed by atoms with Crippen molar-refractivity contribution in [3.05, 3.63) is 53.6 Å². The van der Waals surface area contributed by atoms with Crippen LogP contribution < -0.4 is 30.2 Å². The molecule has 3 heterocycles. The fourth-order valence-corrected chi connectivity index (χ4v) is 18.1. The molecule has 11 rings (SSSR count). The zero-order chi connectivity index (χ0) is 52.7. The number of carbonyl (C=O) groups excluding carboxylic acids is 1. The number of nitrogens with one attached hydrogen (secondary N) is 3. The number of phenols is 1. The highest BCUT2D eigenvalue weighted by Gasteiger charge is 2.62. The van der Waals surface area contributed by atoms with Gasteiger partial charge in [0.1, 0.15) is 11.7 Å². The second-order valence-electron chi connectivity index (χ2n) is 25.2. The second kappa shape index (κ2) is 22.2. The van der Waals surface area contributed by atoms with Crippen LogP contribution in [0.5, 0.6) is 23.0 Å². The molecule has 0 radical (unpaired) electrons. The number of rotatable bonds is 11. The summed E-state index contributed by atoms with van der Waals surface area (Å²) in [5, 5.41) is 44.0. The molecule has 76 heavy (non-hydrogen) atoms. The summed E-state index contributed by atoms with van der Waals surface area (Å²) >= 11 is 0. The van der Waals surface area contributed by atoms with Crippen molar-refractivity contribution >= 4 is 17.4 Å². The Labute approximate surface area is 452 Å². The van der Waals surface area contributed by atoms with E-state index in [1.54, 1.807) is 20.2 Å². The molecule has 15 atom stereocenters. The van der Waals surface area contributed by atoms with Crippen LogP contribution in [0, 0.1) is 88.6 Å². The molecule has 7 fully saturated rings. The van der Waals surface area contributed by atoms with E-state index in [0.29, 0.717) is 103 Å². The molecule has 9 aliphatic rings. The predicted molar refractivity (Wildman–Crippen MR) is 296 cm³/mol. The minimum Gasteiger partial charge on any atom is -0.504 e. The molecule has 6 aliphatic carbocycles. The van der Waals surface area contributed by atoms with Crippen LogP contribution >= 0.6 is 0 Å². The second-order valence-corrected chi connectivity index (χ2v) is 25.2. The number of phenolic OH excluding ortho intramolecular Hbond substituents is 1. The first-order valence-corrected chi connectivity index (χ1v) is 29.7. The van der Waals surface area contributed by atoms with E-state index in [0.717, 1.165) is 95.5 Å². The Balaban J connectivity index is 1.06. The number of aliphatic imine (C=N–C) groups is 1. The first-order valence-electron chi connectivity index (χ1n) is 29.7. The first kappa shape index (κ1) is 53.3. The van der Waals surface area contributed by atoms with Crippen LogP contribution in [0.25, 0.3) is 0 Å². The zero-order valence-corrected chi connectivity index (χ0v) is 45.9. The highest BCUT2D eigenvalue weighted by atomic mass is 16.6. The summed E-state index contributed by atoms with van der Waals surface area (Å²) < 4.78 is 26.6. The Hall–Kier alpha value is -4.72. The smallest absolute Gasteiger partial charge is 0.207 e. The summed E-state index contributed by atoms with van der Waals surface area (Å²) in [4.78, 5) is 20.5. The van der Waals surface area contributed by atoms with Crippen molar-refractivity contribution in [1.29, 1.82) is 0 Å². The number of methoxy groups -OCH3 is 1. The van der Waals surface area contributed by atoms with E-state index in [1.807, 2.05) is 25.3 Å². The summed E-state index contributed by atoms with van der Waals surface area (Å²) in [7, 11) is 5.33. The maximum absolute atomic E-state index is 15.8. The van der Waals surface area contributed by atoms with E-state index in [9.17, 15) is 15.3 Å². The van der Waals surface area contributed by atoms with E-state index in [1.165, 1.54) is 31.2 Å². The number of aliphatic hydroxyl groups excluding tert-OH is 1. The van der Waals surface area contributed by atoms with Crippen LogP contribution in [0.15, 0.2) is 47.5 Å². The molecule has 2 aromatic rings. The van der Waals surface area contributed by atoms with Crippen molar-refractivity contribution in [2.75, 3.05) is 39.7 Å². The molecule has 6 saturated carbocycles. The van der Waals surface area contributed by atoms with Gasteiger partial charge in [-0.15, -0.1) is 0 Å². The van der Waals surface area contributed by atoms with Crippen LogP contribution in [-0.2, 0) is 21.4 Å². The van der Waals surface area contributed by atoms with Gasteiger partial charge in [0.05, 0.1) is 18.9 Å². The van der Waals surface area contributed by atoms with Crippen molar-refractivity contribution in [2.24, 2.45) is 69.6 Å². The van der Waals surface area contributed by atoms with Crippen molar-refractivity contribution in [1.82, 2.24) is 10.6 Å². The summed E-state index contributed by atoms with van der Waals surface area (Å²) in [6.45, 7) is 3.13. The van der Waals surface area contributed by atoms with Crippen LogP contribution in [0.3, 0.4) is 0 Å². The lowest BCUT2D eigenvalue weighted by Gasteiger charge is -2.59. The number of hydrogen-bond acceptors (Lipinski definition) is 10. The molecule has 4 bridgehead atoms. The minimum absolute atomic E-state index is 0.0120. The molecule has 0 unspecified atom stereocenters. The van der Waals surface area contributed by atoms with E-state index in [4.69, 9.17) is 23.9 Å². The Morgan fingerprint density at radius 3 is 2.67 bits per heavy atom. The van der Waals surface area contributed by atoms with Gasteiger partial charge in [0.25, 0.3) is 0 Å². The monoisotopic (exact) mass is 1040 g/mol. The Kier molecular flexibility index (Phi) is 15.6. The van der Waals surface area contributed by atoms with Crippen LogP contribution in [-0.4, -0.2) is 78.9 Å². The highest BCUT2D eigenvalue weighted by molar-refractivity contribution is 5.97. The van der Waals surface area contributed by atoms with E-state index in [2.05, 4.69) is 65.1 Å².